The van der Waals surface area contributed by atoms with Gasteiger partial charge in [-0.1, -0.05) is 69.5 Å². The summed E-state index contributed by atoms with van der Waals surface area (Å²) in [5, 5.41) is 2.93. The summed E-state index contributed by atoms with van der Waals surface area (Å²) < 4.78 is 29.1. The number of sulfonamides is 1. The van der Waals surface area contributed by atoms with Crippen molar-refractivity contribution in [1.29, 1.82) is 0 Å². The van der Waals surface area contributed by atoms with Gasteiger partial charge >= 0.3 is 0 Å². The topological polar surface area (TPSA) is 86.8 Å². The van der Waals surface area contributed by atoms with Crippen LogP contribution in [0.15, 0.2) is 82.2 Å². The summed E-state index contributed by atoms with van der Waals surface area (Å²) in [5.74, 6) is -0.956. The highest BCUT2D eigenvalue weighted by Crippen LogP contribution is 2.31. The van der Waals surface area contributed by atoms with E-state index in [1.54, 1.807) is 25.1 Å². The molecule has 0 radical (unpaired) electrons. The van der Waals surface area contributed by atoms with Crippen molar-refractivity contribution in [1.82, 2.24) is 10.2 Å². The molecular weight excluding hydrogens is 589 g/mol. The summed E-state index contributed by atoms with van der Waals surface area (Å²) in [5.41, 5.74) is 0.928. The first kappa shape index (κ1) is 28.0. The summed E-state index contributed by atoms with van der Waals surface area (Å²) in [6.07, 6.45) is 0. The number of rotatable bonds is 9. The highest BCUT2D eigenvalue weighted by molar-refractivity contribution is 9.10. The molecule has 0 unspecified atom stereocenters. The largest absolute Gasteiger partial charge is 0.357 e. The van der Waals surface area contributed by atoms with Crippen LogP contribution in [-0.4, -0.2) is 44.8 Å². The second-order valence-electron chi connectivity index (χ2n) is 7.86. The minimum Gasteiger partial charge on any atom is -0.357 e. The molecule has 0 aliphatic rings. The van der Waals surface area contributed by atoms with Crippen LogP contribution in [0.4, 0.5) is 5.69 Å². The van der Waals surface area contributed by atoms with Gasteiger partial charge < -0.3 is 10.2 Å². The van der Waals surface area contributed by atoms with E-state index in [1.807, 2.05) is 24.3 Å². The van der Waals surface area contributed by atoms with E-state index in [1.165, 1.54) is 42.3 Å². The first-order valence-corrected chi connectivity index (χ1v) is 13.8. The van der Waals surface area contributed by atoms with Gasteiger partial charge in [-0.3, -0.25) is 13.9 Å². The fourth-order valence-electron chi connectivity index (χ4n) is 3.51. The average molecular weight is 613 g/mol. The van der Waals surface area contributed by atoms with Crippen molar-refractivity contribution >= 4 is 66.7 Å². The SMILES string of the molecule is CNC(=O)[C@@H](C)N(Cc1cccc(Br)c1)C(=O)CN(c1ccc(Cl)c(Cl)c1)S(=O)(=O)c1ccccc1. The molecular formula is C25H24BrCl2N3O4S. The number of likely N-dealkylation sites (N-methyl/N-ethyl adjacent to an activating group) is 1. The third kappa shape index (κ3) is 6.59. The molecule has 0 saturated heterocycles. The van der Waals surface area contributed by atoms with Gasteiger partial charge in [0.1, 0.15) is 12.6 Å². The molecule has 3 aromatic rings. The molecule has 0 aliphatic heterocycles. The second-order valence-corrected chi connectivity index (χ2v) is 11.5. The van der Waals surface area contributed by atoms with E-state index in [0.29, 0.717) is 0 Å². The maximum atomic E-state index is 13.7. The lowest BCUT2D eigenvalue weighted by Gasteiger charge is -2.32. The van der Waals surface area contributed by atoms with Gasteiger partial charge in [-0.2, -0.15) is 0 Å². The molecule has 0 spiro atoms. The number of halogens is 3. The molecule has 0 aromatic heterocycles. The molecule has 1 atom stereocenters. The van der Waals surface area contributed by atoms with Gasteiger partial charge in [0.15, 0.2) is 0 Å². The molecule has 11 heteroatoms. The molecule has 7 nitrogen and oxygen atoms in total. The Bertz CT molecular complexity index is 1360. The Balaban J connectivity index is 2.05. The van der Waals surface area contributed by atoms with Crippen molar-refractivity contribution in [2.75, 3.05) is 17.9 Å². The van der Waals surface area contributed by atoms with E-state index in [9.17, 15) is 18.0 Å². The number of anilines is 1. The molecule has 190 valence electrons. The van der Waals surface area contributed by atoms with Crippen LogP contribution in [0.3, 0.4) is 0 Å². The first-order chi connectivity index (χ1) is 17.0. The predicted octanol–water partition coefficient (Wildman–Crippen LogP) is 5.11. The van der Waals surface area contributed by atoms with Crippen LogP contribution in [0.1, 0.15) is 12.5 Å². The summed E-state index contributed by atoms with van der Waals surface area (Å²) in [6, 6.07) is 18.5. The van der Waals surface area contributed by atoms with E-state index in [0.717, 1.165) is 14.3 Å². The molecule has 3 aromatic carbocycles. The van der Waals surface area contributed by atoms with Crippen molar-refractivity contribution in [3.05, 3.63) is 92.9 Å². The van der Waals surface area contributed by atoms with E-state index >= 15 is 0 Å². The van der Waals surface area contributed by atoms with E-state index < -0.39 is 28.5 Å². The highest BCUT2D eigenvalue weighted by Gasteiger charge is 2.32. The Hall–Kier alpha value is -2.59. The normalized spacial score (nSPS) is 12.0. The summed E-state index contributed by atoms with van der Waals surface area (Å²) in [4.78, 5) is 27.5. The number of carbonyl (C=O) groups excluding carboxylic acids is 2. The fraction of sp³-hybridized carbons (Fsp3) is 0.200. The van der Waals surface area contributed by atoms with Gasteiger partial charge in [-0.05, 0) is 55.0 Å². The molecule has 2 amide bonds. The molecule has 0 fully saturated rings. The number of hydrogen-bond acceptors (Lipinski definition) is 4. The summed E-state index contributed by atoms with van der Waals surface area (Å²) >= 11 is 15.6. The number of nitrogens with one attached hydrogen (secondary N) is 1. The van der Waals surface area contributed by atoms with Crippen LogP contribution in [-0.2, 0) is 26.2 Å². The van der Waals surface area contributed by atoms with Gasteiger partial charge in [0.25, 0.3) is 10.0 Å². The molecule has 1 N–H and O–H groups in total. The van der Waals surface area contributed by atoms with E-state index in [-0.39, 0.29) is 33.1 Å². The Morgan fingerprint density at radius 1 is 0.972 bits per heavy atom. The molecule has 0 bridgehead atoms. The van der Waals surface area contributed by atoms with Crippen LogP contribution in [0.25, 0.3) is 0 Å². The van der Waals surface area contributed by atoms with E-state index in [4.69, 9.17) is 23.2 Å². The van der Waals surface area contributed by atoms with Gasteiger partial charge in [-0.25, -0.2) is 8.42 Å². The number of carbonyl (C=O) groups is 2. The van der Waals surface area contributed by atoms with Crippen LogP contribution >= 0.6 is 39.1 Å². The molecule has 0 aliphatic carbocycles. The lowest BCUT2D eigenvalue weighted by atomic mass is 10.1. The standard InChI is InChI=1S/C25H24BrCl2N3O4S/c1-17(25(33)29-2)30(15-18-7-6-8-19(26)13-18)24(32)16-31(20-11-12-22(27)23(28)14-20)36(34,35)21-9-4-3-5-10-21/h3-14,17H,15-16H2,1-2H3,(H,29,33)/t17-/m1/s1. The number of amides is 2. The Kier molecular flexibility index (Phi) is 9.41. The Morgan fingerprint density at radius 3 is 2.28 bits per heavy atom. The Morgan fingerprint density at radius 2 is 1.67 bits per heavy atom. The fourth-order valence-corrected chi connectivity index (χ4v) is 5.68. The van der Waals surface area contributed by atoms with Gasteiger partial charge in [-0.15, -0.1) is 0 Å². The summed E-state index contributed by atoms with van der Waals surface area (Å²) in [6.45, 7) is 1.11. The minimum absolute atomic E-state index is 0.00163. The number of nitrogens with zero attached hydrogens (tertiary/aromatic N) is 2. The summed E-state index contributed by atoms with van der Waals surface area (Å²) in [7, 11) is -2.69. The minimum atomic E-state index is -4.17. The van der Waals surface area contributed by atoms with Crippen LogP contribution in [0.2, 0.25) is 10.0 Å². The quantitative estimate of drug-likeness (QED) is 0.364. The molecule has 3 rings (SSSR count). The number of hydrogen-bond donors (Lipinski definition) is 1. The Labute approximate surface area is 229 Å². The lowest BCUT2D eigenvalue weighted by molar-refractivity contribution is -0.139. The monoisotopic (exact) mass is 611 g/mol. The predicted molar refractivity (Wildman–Crippen MR) is 146 cm³/mol. The third-order valence-electron chi connectivity index (χ3n) is 5.46. The van der Waals surface area contributed by atoms with Crippen LogP contribution in [0, 0.1) is 0 Å². The van der Waals surface area contributed by atoms with E-state index in [2.05, 4.69) is 21.2 Å². The number of benzene rings is 3. The molecule has 0 heterocycles. The first-order valence-electron chi connectivity index (χ1n) is 10.8. The van der Waals surface area contributed by atoms with Crippen LogP contribution < -0.4 is 9.62 Å². The zero-order valence-electron chi connectivity index (χ0n) is 19.5. The molecule has 0 saturated carbocycles. The maximum absolute atomic E-state index is 13.7. The molecule has 36 heavy (non-hydrogen) atoms. The lowest BCUT2D eigenvalue weighted by Crippen LogP contribution is -2.50. The van der Waals surface area contributed by atoms with Gasteiger partial charge in [0.2, 0.25) is 11.8 Å². The van der Waals surface area contributed by atoms with Crippen LogP contribution in [0.5, 0.6) is 0 Å². The zero-order chi connectivity index (χ0) is 26.5. The van der Waals surface area contributed by atoms with Crippen molar-refractivity contribution in [2.24, 2.45) is 0 Å². The average Bonchev–Trinajstić information content (AvgIpc) is 2.87. The van der Waals surface area contributed by atoms with Crippen molar-refractivity contribution in [3.63, 3.8) is 0 Å². The maximum Gasteiger partial charge on any atom is 0.264 e. The zero-order valence-corrected chi connectivity index (χ0v) is 23.4. The second kappa shape index (κ2) is 12.1. The third-order valence-corrected chi connectivity index (χ3v) is 8.48. The van der Waals surface area contributed by atoms with Gasteiger partial charge in [0.05, 0.1) is 20.6 Å². The van der Waals surface area contributed by atoms with Crippen molar-refractivity contribution < 1.29 is 18.0 Å². The van der Waals surface area contributed by atoms with Crippen molar-refractivity contribution in [2.45, 2.75) is 24.4 Å². The van der Waals surface area contributed by atoms with Gasteiger partial charge in [0, 0.05) is 18.1 Å². The smallest absolute Gasteiger partial charge is 0.264 e. The highest BCUT2D eigenvalue weighted by atomic mass is 79.9. The van der Waals surface area contributed by atoms with Crippen molar-refractivity contribution in [3.8, 4) is 0 Å².